The van der Waals surface area contributed by atoms with Crippen LogP contribution in [-0.4, -0.2) is 30.3 Å². The lowest BCUT2D eigenvalue weighted by atomic mass is 10.0. The number of carbonyl (C=O) groups is 2. The molecule has 0 aromatic heterocycles. The quantitative estimate of drug-likeness (QED) is 0.816. The second-order valence-corrected chi connectivity index (χ2v) is 5.34. The summed E-state index contributed by atoms with van der Waals surface area (Å²) in [5.41, 5.74) is 2.57. The highest BCUT2D eigenvalue weighted by Gasteiger charge is 2.39. The Morgan fingerprint density at radius 2 is 1.43 bits per heavy atom. The molecule has 1 heterocycles. The highest BCUT2D eigenvalue weighted by atomic mass is 16.2. The molecular weight excluding hydrogens is 288 g/mol. The van der Waals surface area contributed by atoms with Crippen molar-refractivity contribution in [2.24, 2.45) is 0 Å². The molecule has 4 heteroatoms. The zero-order valence-electron chi connectivity index (χ0n) is 13.2. The summed E-state index contributed by atoms with van der Waals surface area (Å²) in [4.78, 5) is 28.4. The van der Waals surface area contributed by atoms with Crippen molar-refractivity contribution in [1.29, 1.82) is 0 Å². The van der Waals surface area contributed by atoms with E-state index < -0.39 is 0 Å². The van der Waals surface area contributed by atoms with Crippen LogP contribution < -0.4 is 4.90 Å². The molecule has 4 nitrogen and oxygen atoms in total. The molecule has 2 aromatic rings. The molecule has 23 heavy (non-hydrogen) atoms. The number of nitrogens with zero attached hydrogens (tertiary/aromatic N) is 2. The van der Waals surface area contributed by atoms with Crippen molar-refractivity contribution in [3.8, 4) is 0 Å². The Balaban J connectivity index is 2.20. The van der Waals surface area contributed by atoms with Crippen LogP contribution >= 0.6 is 0 Å². The van der Waals surface area contributed by atoms with Crippen molar-refractivity contribution >= 4 is 23.1 Å². The average Bonchev–Trinajstić information content (AvgIpc) is 2.82. The standard InChI is InChI=1S/C19H18N2O2/c1-3-21(15-12-8-5-9-13-15)17-16(14-10-6-4-7-11-14)18(22)20(2)19(17)23/h4-13H,3H2,1-2H3. The SMILES string of the molecule is CCN(C1=C(c2ccccc2)C(=O)N(C)C1=O)c1ccccc1. The van der Waals surface area contributed by atoms with Gasteiger partial charge in [-0.2, -0.15) is 0 Å². The predicted octanol–water partition coefficient (Wildman–Crippen LogP) is 2.92. The molecule has 0 spiro atoms. The molecule has 1 aliphatic heterocycles. The molecule has 3 rings (SSSR count). The van der Waals surface area contributed by atoms with Crippen LogP contribution in [0.5, 0.6) is 0 Å². The molecule has 0 saturated carbocycles. The van der Waals surface area contributed by atoms with Gasteiger partial charge in [-0.1, -0.05) is 48.5 Å². The van der Waals surface area contributed by atoms with E-state index in [0.717, 1.165) is 11.3 Å². The third-order valence-corrected chi connectivity index (χ3v) is 3.98. The van der Waals surface area contributed by atoms with E-state index in [9.17, 15) is 9.59 Å². The van der Waals surface area contributed by atoms with E-state index in [1.54, 1.807) is 0 Å². The molecule has 1 aliphatic rings. The Hall–Kier alpha value is -2.88. The third-order valence-electron chi connectivity index (χ3n) is 3.98. The Kier molecular flexibility index (Phi) is 3.98. The number of imide groups is 1. The van der Waals surface area contributed by atoms with Crippen LogP contribution in [0.2, 0.25) is 0 Å². The molecule has 0 atom stereocenters. The fourth-order valence-corrected chi connectivity index (χ4v) is 2.82. The fraction of sp³-hybridized carbons (Fsp3) is 0.158. The summed E-state index contributed by atoms with van der Waals surface area (Å²) < 4.78 is 0. The summed E-state index contributed by atoms with van der Waals surface area (Å²) in [5, 5.41) is 0. The first kappa shape index (κ1) is 15.0. The molecular formula is C19H18N2O2. The minimum Gasteiger partial charge on any atom is -0.337 e. The van der Waals surface area contributed by atoms with Gasteiger partial charge in [0.15, 0.2) is 0 Å². The first-order chi connectivity index (χ1) is 11.1. The lowest BCUT2D eigenvalue weighted by Crippen LogP contribution is -2.32. The van der Waals surface area contributed by atoms with E-state index >= 15 is 0 Å². The Morgan fingerprint density at radius 3 is 2.00 bits per heavy atom. The smallest absolute Gasteiger partial charge is 0.277 e. The summed E-state index contributed by atoms with van der Waals surface area (Å²) >= 11 is 0. The number of likely N-dealkylation sites (N-methyl/N-ethyl adjacent to an activating group) is 2. The van der Waals surface area contributed by atoms with Crippen molar-refractivity contribution in [3.63, 3.8) is 0 Å². The number of anilines is 1. The maximum atomic E-state index is 12.7. The van der Waals surface area contributed by atoms with Crippen molar-refractivity contribution < 1.29 is 9.59 Å². The largest absolute Gasteiger partial charge is 0.337 e. The van der Waals surface area contributed by atoms with E-state index in [-0.39, 0.29) is 11.8 Å². The maximum Gasteiger partial charge on any atom is 0.277 e. The molecule has 0 radical (unpaired) electrons. The molecule has 0 unspecified atom stereocenters. The highest BCUT2D eigenvalue weighted by Crippen LogP contribution is 2.33. The fourth-order valence-electron chi connectivity index (χ4n) is 2.82. The number of para-hydroxylation sites is 1. The monoisotopic (exact) mass is 306 g/mol. The molecule has 0 bridgehead atoms. The van der Waals surface area contributed by atoms with Gasteiger partial charge in [-0.05, 0) is 24.6 Å². The lowest BCUT2D eigenvalue weighted by molar-refractivity contribution is -0.135. The molecule has 0 fully saturated rings. The van der Waals surface area contributed by atoms with Gasteiger partial charge in [0.1, 0.15) is 5.70 Å². The Labute approximate surface area is 135 Å². The minimum atomic E-state index is -0.264. The van der Waals surface area contributed by atoms with Crippen LogP contribution in [0.4, 0.5) is 5.69 Å². The normalized spacial score (nSPS) is 14.6. The number of benzene rings is 2. The van der Waals surface area contributed by atoms with Gasteiger partial charge < -0.3 is 4.90 Å². The van der Waals surface area contributed by atoms with E-state index in [4.69, 9.17) is 0 Å². The van der Waals surface area contributed by atoms with Crippen molar-refractivity contribution in [2.75, 3.05) is 18.5 Å². The van der Waals surface area contributed by atoms with E-state index in [2.05, 4.69) is 0 Å². The molecule has 116 valence electrons. The molecule has 0 N–H and O–H groups in total. The van der Waals surface area contributed by atoms with E-state index in [1.165, 1.54) is 11.9 Å². The van der Waals surface area contributed by atoms with Crippen LogP contribution in [0.15, 0.2) is 66.4 Å². The van der Waals surface area contributed by atoms with Gasteiger partial charge in [0.25, 0.3) is 11.8 Å². The van der Waals surface area contributed by atoms with Gasteiger partial charge in [-0.3, -0.25) is 14.5 Å². The topological polar surface area (TPSA) is 40.6 Å². The van der Waals surface area contributed by atoms with Crippen molar-refractivity contribution in [3.05, 3.63) is 71.9 Å². The van der Waals surface area contributed by atoms with E-state index in [1.807, 2.05) is 72.5 Å². The molecule has 0 aliphatic carbocycles. The van der Waals surface area contributed by atoms with Crippen molar-refractivity contribution in [2.45, 2.75) is 6.92 Å². The summed E-state index contributed by atoms with van der Waals surface area (Å²) in [6.07, 6.45) is 0. The first-order valence-corrected chi connectivity index (χ1v) is 7.59. The minimum absolute atomic E-state index is 0.259. The lowest BCUT2D eigenvalue weighted by Gasteiger charge is -2.24. The number of hydrogen-bond donors (Lipinski definition) is 0. The van der Waals surface area contributed by atoms with Gasteiger partial charge in [0.2, 0.25) is 0 Å². The van der Waals surface area contributed by atoms with Crippen LogP contribution in [0.3, 0.4) is 0 Å². The second-order valence-electron chi connectivity index (χ2n) is 5.34. The summed E-state index contributed by atoms with van der Waals surface area (Å²) in [5.74, 6) is -0.523. The van der Waals surface area contributed by atoms with Gasteiger partial charge in [-0.25, -0.2) is 0 Å². The Morgan fingerprint density at radius 1 is 0.870 bits per heavy atom. The highest BCUT2D eigenvalue weighted by molar-refractivity contribution is 6.36. The zero-order chi connectivity index (χ0) is 16.4. The summed E-state index contributed by atoms with van der Waals surface area (Å²) in [6, 6.07) is 19.0. The maximum absolute atomic E-state index is 12.7. The number of carbonyl (C=O) groups excluding carboxylic acids is 2. The van der Waals surface area contributed by atoms with Gasteiger partial charge in [0.05, 0.1) is 5.57 Å². The molecule has 2 aromatic carbocycles. The summed E-state index contributed by atoms with van der Waals surface area (Å²) in [6.45, 7) is 2.57. The Bertz CT molecular complexity index is 766. The van der Waals surface area contributed by atoms with Gasteiger partial charge in [0, 0.05) is 19.3 Å². The predicted molar refractivity (Wildman–Crippen MR) is 90.6 cm³/mol. The van der Waals surface area contributed by atoms with E-state index in [0.29, 0.717) is 17.8 Å². The van der Waals surface area contributed by atoms with Gasteiger partial charge in [-0.15, -0.1) is 0 Å². The zero-order valence-corrected chi connectivity index (χ0v) is 13.2. The van der Waals surface area contributed by atoms with Crippen LogP contribution in [0, 0.1) is 0 Å². The van der Waals surface area contributed by atoms with Crippen LogP contribution in [0.25, 0.3) is 5.57 Å². The number of rotatable bonds is 4. The summed E-state index contributed by atoms with van der Waals surface area (Å²) in [7, 11) is 1.53. The average molecular weight is 306 g/mol. The van der Waals surface area contributed by atoms with Crippen LogP contribution in [-0.2, 0) is 9.59 Å². The first-order valence-electron chi connectivity index (χ1n) is 7.59. The number of amides is 2. The second kappa shape index (κ2) is 6.08. The van der Waals surface area contributed by atoms with Crippen LogP contribution in [0.1, 0.15) is 12.5 Å². The van der Waals surface area contributed by atoms with Gasteiger partial charge >= 0.3 is 0 Å². The number of hydrogen-bond acceptors (Lipinski definition) is 3. The third kappa shape index (κ3) is 2.52. The van der Waals surface area contributed by atoms with Crippen molar-refractivity contribution in [1.82, 2.24) is 4.90 Å². The molecule has 0 saturated heterocycles. The molecule has 2 amide bonds.